The topological polar surface area (TPSA) is 77.4 Å². The number of nitrogens with one attached hydrogen (secondary N) is 1. The van der Waals surface area contributed by atoms with Crippen molar-refractivity contribution in [1.29, 1.82) is 10.5 Å². The SMILES string of the molecule is Cn1cncc1-c1ccc(NC=C(C#N)C#N)cc1. The molecule has 0 fully saturated rings. The number of allylic oxidation sites excluding steroid dienone is 1. The second-order valence-corrected chi connectivity index (χ2v) is 3.89. The van der Waals surface area contributed by atoms with Crippen molar-refractivity contribution in [1.82, 2.24) is 9.55 Å². The van der Waals surface area contributed by atoms with E-state index in [1.165, 1.54) is 6.20 Å². The van der Waals surface area contributed by atoms with Crippen LogP contribution in [0, 0.1) is 22.7 Å². The molecule has 1 heterocycles. The van der Waals surface area contributed by atoms with Crippen molar-refractivity contribution in [3.63, 3.8) is 0 Å². The molecule has 0 aliphatic rings. The van der Waals surface area contributed by atoms with Crippen molar-refractivity contribution in [2.75, 3.05) is 5.32 Å². The average Bonchev–Trinajstić information content (AvgIpc) is 2.87. The summed E-state index contributed by atoms with van der Waals surface area (Å²) in [4.78, 5) is 4.07. The summed E-state index contributed by atoms with van der Waals surface area (Å²) in [6.45, 7) is 0. The van der Waals surface area contributed by atoms with Gasteiger partial charge in [-0.15, -0.1) is 0 Å². The molecule has 1 aromatic heterocycles. The minimum absolute atomic E-state index is 0.0377. The van der Waals surface area contributed by atoms with Gasteiger partial charge in [-0.3, -0.25) is 0 Å². The summed E-state index contributed by atoms with van der Waals surface area (Å²) < 4.78 is 1.94. The quantitative estimate of drug-likeness (QED) is 0.847. The molecule has 5 heteroatoms. The second-order valence-electron chi connectivity index (χ2n) is 3.89. The molecule has 1 N–H and O–H groups in total. The van der Waals surface area contributed by atoms with Gasteiger partial charge in [0, 0.05) is 18.9 Å². The highest BCUT2D eigenvalue weighted by Crippen LogP contribution is 2.20. The first-order valence-electron chi connectivity index (χ1n) is 5.58. The van der Waals surface area contributed by atoms with Crippen LogP contribution >= 0.6 is 0 Å². The van der Waals surface area contributed by atoms with Crippen LogP contribution in [0.1, 0.15) is 0 Å². The van der Waals surface area contributed by atoms with Gasteiger partial charge in [0.1, 0.15) is 17.7 Å². The number of nitriles is 2. The summed E-state index contributed by atoms with van der Waals surface area (Å²) in [5.74, 6) is 0. The first-order chi connectivity index (χ1) is 9.24. The van der Waals surface area contributed by atoms with Gasteiger partial charge in [-0.25, -0.2) is 4.98 Å². The number of aromatic nitrogens is 2. The van der Waals surface area contributed by atoms with Gasteiger partial charge in [-0.1, -0.05) is 12.1 Å². The Hall–Kier alpha value is -3.05. The van der Waals surface area contributed by atoms with E-state index in [2.05, 4.69) is 10.3 Å². The summed E-state index contributed by atoms with van der Waals surface area (Å²) in [5.41, 5.74) is 2.93. The predicted molar refractivity (Wildman–Crippen MR) is 71.6 cm³/mol. The van der Waals surface area contributed by atoms with E-state index in [1.54, 1.807) is 24.7 Å². The van der Waals surface area contributed by atoms with Gasteiger partial charge in [-0.05, 0) is 17.7 Å². The zero-order valence-electron chi connectivity index (χ0n) is 10.3. The number of imidazole rings is 1. The van der Waals surface area contributed by atoms with Crippen molar-refractivity contribution >= 4 is 5.69 Å². The van der Waals surface area contributed by atoms with Crippen molar-refractivity contribution in [2.24, 2.45) is 7.05 Å². The molecule has 0 aliphatic carbocycles. The molecule has 1 aromatic carbocycles. The van der Waals surface area contributed by atoms with E-state index in [4.69, 9.17) is 10.5 Å². The molecule has 2 aromatic rings. The summed E-state index contributed by atoms with van der Waals surface area (Å²) in [5, 5.41) is 20.1. The Balaban J connectivity index is 2.17. The molecular formula is C14H11N5. The Labute approximate surface area is 111 Å². The van der Waals surface area contributed by atoms with E-state index < -0.39 is 0 Å². The van der Waals surface area contributed by atoms with Crippen LogP contribution in [-0.2, 0) is 7.05 Å². The second kappa shape index (κ2) is 5.52. The molecule has 19 heavy (non-hydrogen) atoms. The third kappa shape index (κ3) is 2.80. The van der Waals surface area contributed by atoms with Crippen LogP contribution in [0.3, 0.4) is 0 Å². The molecule has 92 valence electrons. The molecular weight excluding hydrogens is 238 g/mol. The van der Waals surface area contributed by atoms with Gasteiger partial charge in [0.2, 0.25) is 0 Å². The number of benzene rings is 1. The maximum Gasteiger partial charge on any atom is 0.145 e. The predicted octanol–water partition coefficient (Wildman–Crippen LogP) is 2.43. The van der Waals surface area contributed by atoms with Crippen LogP contribution < -0.4 is 5.32 Å². The van der Waals surface area contributed by atoms with Gasteiger partial charge in [0.15, 0.2) is 0 Å². The molecule has 0 saturated heterocycles. The third-order valence-electron chi connectivity index (χ3n) is 2.62. The molecule has 0 aliphatic heterocycles. The van der Waals surface area contributed by atoms with Crippen molar-refractivity contribution < 1.29 is 0 Å². The maximum atomic E-state index is 8.61. The highest BCUT2D eigenvalue weighted by atomic mass is 15.0. The van der Waals surface area contributed by atoms with E-state index >= 15 is 0 Å². The van der Waals surface area contributed by atoms with Crippen LogP contribution in [0.15, 0.2) is 48.6 Å². The van der Waals surface area contributed by atoms with Gasteiger partial charge < -0.3 is 9.88 Å². The number of hydrogen-bond acceptors (Lipinski definition) is 4. The largest absolute Gasteiger partial charge is 0.360 e. The number of rotatable bonds is 3. The molecule has 0 unspecified atom stereocenters. The molecule has 0 saturated carbocycles. The smallest absolute Gasteiger partial charge is 0.145 e. The van der Waals surface area contributed by atoms with Crippen LogP contribution in [-0.4, -0.2) is 9.55 Å². The van der Waals surface area contributed by atoms with Crippen LogP contribution in [0.2, 0.25) is 0 Å². The summed E-state index contributed by atoms with van der Waals surface area (Å²) >= 11 is 0. The average molecular weight is 249 g/mol. The Kier molecular flexibility index (Phi) is 3.61. The molecule has 0 amide bonds. The summed E-state index contributed by atoms with van der Waals surface area (Å²) in [6.07, 6.45) is 4.93. The lowest BCUT2D eigenvalue weighted by Crippen LogP contribution is -1.91. The molecule has 5 nitrogen and oxygen atoms in total. The van der Waals surface area contributed by atoms with Crippen molar-refractivity contribution in [3.8, 4) is 23.4 Å². The number of aryl methyl sites for hydroxylation is 1. The number of nitrogens with zero attached hydrogens (tertiary/aromatic N) is 4. The van der Waals surface area contributed by atoms with Crippen LogP contribution in [0.4, 0.5) is 5.69 Å². The fraction of sp³-hybridized carbons (Fsp3) is 0.0714. The molecule has 0 atom stereocenters. The van der Waals surface area contributed by atoms with E-state index in [9.17, 15) is 0 Å². The Bertz CT molecular complexity index is 664. The fourth-order valence-electron chi connectivity index (χ4n) is 1.62. The molecule has 0 bridgehead atoms. The van der Waals surface area contributed by atoms with Gasteiger partial charge in [0.25, 0.3) is 0 Å². The molecule has 0 spiro atoms. The van der Waals surface area contributed by atoms with Gasteiger partial charge in [-0.2, -0.15) is 10.5 Å². The normalized spacial score (nSPS) is 9.21. The fourth-order valence-corrected chi connectivity index (χ4v) is 1.62. The minimum atomic E-state index is 0.0377. The lowest BCUT2D eigenvalue weighted by molar-refractivity contribution is 0.921. The van der Waals surface area contributed by atoms with Crippen molar-refractivity contribution in [2.45, 2.75) is 0 Å². The first-order valence-corrected chi connectivity index (χ1v) is 5.58. The van der Waals surface area contributed by atoms with E-state index in [0.29, 0.717) is 0 Å². The lowest BCUT2D eigenvalue weighted by Gasteiger charge is -2.04. The highest BCUT2D eigenvalue weighted by Gasteiger charge is 2.01. The van der Waals surface area contributed by atoms with E-state index in [-0.39, 0.29) is 5.57 Å². The highest BCUT2D eigenvalue weighted by molar-refractivity contribution is 5.63. The van der Waals surface area contributed by atoms with Gasteiger partial charge >= 0.3 is 0 Å². The minimum Gasteiger partial charge on any atom is -0.360 e. The van der Waals surface area contributed by atoms with E-state index in [1.807, 2.05) is 35.9 Å². The Morgan fingerprint density at radius 2 is 1.95 bits per heavy atom. The Morgan fingerprint density at radius 1 is 1.26 bits per heavy atom. The zero-order chi connectivity index (χ0) is 13.7. The summed E-state index contributed by atoms with van der Waals surface area (Å²) in [6, 6.07) is 11.2. The monoisotopic (exact) mass is 249 g/mol. The maximum absolute atomic E-state index is 8.61. The number of hydrogen-bond donors (Lipinski definition) is 1. The van der Waals surface area contributed by atoms with E-state index in [0.717, 1.165) is 16.9 Å². The Morgan fingerprint density at radius 3 is 2.47 bits per heavy atom. The van der Waals surface area contributed by atoms with Crippen LogP contribution in [0.5, 0.6) is 0 Å². The third-order valence-corrected chi connectivity index (χ3v) is 2.62. The summed E-state index contributed by atoms with van der Waals surface area (Å²) in [7, 11) is 1.93. The molecule has 2 rings (SSSR count). The van der Waals surface area contributed by atoms with Gasteiger partial charge in [0.05, 0.1) is 18.2 Å². The standard InChI is InChI=1S/C14H11N5/c1-19-10-17-9-14(19)12-2-4-13(5-3-12)18-8-11(6-15)7-16/h2-5,8-10,18H,1H3. The molecule has 0 radical (unpaired) electrons. The lowest BCUT2D eigenvalue weighted by atomic mass is 10.1. The number of anilines is 1. The first kappa shape index (κ1) is 12.4. The zero-order valence-corrected chi connectivity index (χ0v) is 10.3. The van der Waals surface area contributed by atoms with Crippen LogP contribution in [0.25, 0.3) is 11.3 Å². The van der Waals surface area contributed by atoms with Crippen molar-refractivity contribution in [3.05, 3.63) is 48.6 Å².